The lowest BCUT2D eigenvalue weighted by Gasteiger charge is -2.26. The van der Waals surface area contributed by atoms with E-state index in [9.17, 15) is 13.2 Å². The van der Waals surface area contributed by atoms with Crippen LogP contribution in [0.5, 0.6) is 0 Å². The maximum Gasteiger partial charge on any atom is 0.407 e. The average Bonchev–Trinajstić information content (AvgIpc) is 2.82. The maximum absolute atomic E-state index is 12.8. The number of nitrogens with one attached hydrogen (secondary N) is 1. The molecule has 3 N–H and O–H groups in total. The Morgan fingerprint density at radius 3 is 2.70 bits per heavy atom. The van der Waals surface area contributed by atoms with E-state index < -0.39 is 12.2 Å². The van der Waals surface area contributed by atoms with Crippen molar-refractivity contribution in [2.24, 2.45) is 11.1 Å². The summed E-state index contributed by atoms with van der Waals surface area (Å²) >= 11 is 1.68. The summed E-state index contributed by atoms with van der Waals surface area (Å²) in [4.78, 5) is 4.11. The average molecular weight is 343 g/mol. The fraction of sp³-hybridized carbons (Fsp3) is 0.438. The van der Waals surface area contributed by atoms with Crippen LogP contribution in [0.3, 0.4) is 0 Å². The highest BCUT2D eigenvalue weighted by Crippen LogP contribution is 2.50. The van der Waals surface area contributed by atoms with Crippen LogP contribution in [-0.4, -0.2) is 24.2 Å². The van der Waals surface area contributed by atoms with Gasteiger partial charge in [0.15, 0.2) is 0 Å². The Morgan fingerprint density at radius 2 is 2.17 bits per heavy atom. The predicted octanol–water partition coefficient (Wildman–Crippen LogP) is 3.86. The Balaban J connectivity index is 2.29. The van der Waals surface area contributed by atoms with Crippen LogP contribution in [0.1, 0.15) is 30.4 Å². The van der Waals surface area contributed by atoms with E-state index in [0.29, 0.717) is 5.69 Å². The third-order valence-electron chi connectivity index (χ3n) is 3.78. The number of hydrogen-bond donors (Lipinski definition) is 2. The molecule has 0 amide bonds. The van der Waals surface area contributed by atoms with Gasteiger partial charge in [-0.2, -0.15) is 13.2 Å². The molecular formula is C16H20F3N3S. The molecule has 0 aliphatic carbocycles. The SMILES string of the molecule is CNC(/C=C(\N)c1cc(C2SC=CC2(C)C)ccn1)C(F)(F)F. The van der Waals surface area contributed by atoms with Crippen molar-refractivity contribution in [2.75, 3.05) is 7.05 Å². The molecule has 2 atom stereocenters. The van der Waals surface area contributed by atoms with E-state index in [-0.39, 0.29) is 16.4 Å². The lowest BCUT2D eigenvalue weighted by Crippen LogP contribution is -2.38. The van der Waals surface area contributed by atoms with Crippen LogP contribution in [0.4, 0.5) is 13.2 Å². The van der Waals surface area contributed by atoms with Crippen LogP contribution in [0.2, 0.25) is 0 Å². The Morgan fingerprint density at radius 1 is 1.48 bits per heavy atom. The molecule has 23 heavy (non-hydrogen) atoms. The number of aromatic nitrogens is 1. The van der Waals surface area contributed by atoms with Gasteiger partial charge in [-0.3, -0.25) is 4.98 Å². The zero-order valence-corrected chi connectivity index (χ0v) is 14.0. The molecule has 0 radical (unpaired) electrons. The minimum atomic E-state index is -4.40. The lowest BCUT2D eigenvalue weighted by molar-refractivity contribution is -0.143. The summed E-state index contributed by atoms with van der Waals surface area (Å²) < 4.78 is 38.5. The third-order valence-corrected chi connectivity index (χ3v) is 5.23. The van der Waals surface area contributed by atoms with Crippen molar-refractivity contribution in [3.63, 3.8) is 0 Å². The summed E-state index contributed by atoms with van der Waals surface area (Å²) in [6, 6.07) is 1.84. The van der Waals surface area contributed by atoms with Crippen LogP contribution in [0.25, 0.3) is 5.70 Å². The number of thioether (sulfide) groups is 1. The number of halogens is 3. The second-order valence-electron chi connectivity index (χ2n) is 6.04. The van der Waals surface area contributed by atoms with Gasteiger partial charge in [-0.1, -0.05) is 19.9 Å². The quantitative estimate of drug-likeness (QED) is 0.872. The molecule has 3 nitrogen and oxygen atoms in total. The molecule has 0 bridgehead atoms. The predicted molar refractivity (Wildman–Crippen MR) is 88.6 cm³/mol. The second kappa shape index (κ2) is 6.57. The number of likely N-dealkylation sites (N-methyl/N-ethyl adjacent to an activating group) is 1. The van der Waals surface area contributed by atoms with E-state index in [1.807, 2.05) is 11.5 Å². The van der Waals surface area contributed by atoms with Gasteiger partial charge in [0.1, 0.15) is 6.04 Å². The summed E-state index contributed by atoms with van der Waals surface area (Å²) in [7, 11) is 1.25. The van der Waals surface area contributed by atoms with E-state index in [2.05, 4.69) is 30.2 Å². The molecule has 126 valence electrons. The molecule has 2 unspecified atom stereocenters. The highest BCUT2D eigenvalue weighted by atomic mass is 32.2. The summed E-state index contributed by atoms with van der Waals surface area (Å²) in [6.45, 7) is 4.24. The van der Waals surface area contributed by atoms with Gasteiger partial charge in [0.05, 0.1) is 11.4 Å². The van der Waals surface area contributed by atoms with Crippen molar-refractivity contribution in [1.82, 2.24) is 10.3 Å². The van der Waals surface area contributed by atoms with E-state index in [0.717, 1.165) is 11.6 Å². The fourth-order valence-corrected chi connectivity index (χ4v) is 3.76. The molecular weight excluding hydrogens is 323 g/mol. The maximum atomic E-state index is 12.8. The zero-order valence-electron chi connectivity index (χ0n) is 13.2. The van der Waals surface area contributed by atoms with E-state index in [1.165, 1.54) is 7.05 Å². The smallest absolute Gasteiger partial charge is 0.397 e. The minimum Gasteiger partial charge on any atom is -0.397 e. The van der Waals surface area contributed by atoms with Gasteiger partial charge in [-0.05, 0) is 41.6 Å². The third kappa shape index (κ3) is 4.09. The standard InChI is InChI=1S/C16H20F3N3S/c1-15(2)5-7-23-14(15)10-4-6-22-12(8-10)11(20)9-13(21-3)16(17,18)19/h4-9,13-14,21H,20H2,1-3H3/b11-9-. The topological polar surface area (TPSA) is 50.9 Å². The second-order valence-corrected chi connectivity index (χ2v) is 7.06. The molecule has 0 spiro atoms. The first-order valence-corrected chi connectivity index (χ1v) is 8.10. The van der Waals surface area contributed by atoms with Gasteiger partial charge < -0.3 is 11.1 Å². The van der Waals surface area contributed by atoms with Gasteiger partial charge in [-0.15, -0.1) is 11.8 Å². The number of pyridine rings is 1. The van der Waals surface area contributed by atoms with Crippen LogP contribution < -0.4 is 11.1 Å². The Labute approximate surface area is 138 Å². The Kier molecular flexibility index (Phi) is 5.10. The summed E-state index contributed by atoms with van der Waals surface area (Å²) in [5, 5.41) is 4.44. The van der Waals surface area contributed by atoms with Crippen molar-refractivity contribution >= 4 is 17.5 Å². The molecule has 0 fully saturated rings. The first-order chi connectivity index (χ1) is 10.6. The lowest BCUT2D eigenvalue weighted by atomic mass is 9.85. The van der Waals surface area contributed by atoms with Crippen molar-refractivity contribution in [1.29, 1.82) is 0 Å². The zero-order chi connectivity index (χ0) is 17.3. The summed E-state index contributed by atoms with van der Waals surface area (Å²) in [5.74, 6) is 0. The Bertz CT molecular complexity index is 623. The minimum absolute atomic E-state index is 0.0114. The molecule has 1 aliphatic rings. The molecule has 0 aromatic carbocycles. The molecule has 1 aromatic rings. The van der Waals surface area contributed by atoms with Gasteiger partial charge in [0.25, 0.3) is 0 Å². The van der Waals surface area contributed by atoms with Gasteiger partial charge in [0, 0.05) is 11.4 Å². The monoisotopic (exact) mass is 343 g/mol. The van der Waals surface area contributed by atoms with Crippen molar-refractivity contribution in [2.45, 2.75) is 31.3 Å². The first-order valence-electron chi connectivity index (χ1n) is 7.16. The summed E-state index contributed by atoms with van der Waals surface area (Å²) in [5.41, 5.74) is 7.18. The first kappa shape index (κ1) is 17.9. The fourth-order valence-electron chi connectivity index (χ4n) is 2.44. The Hall–Kier alpha value is -1.47. The molecule has 2 rings (SSSR count). The van der Waals surface area contributed by atoms with Crippen LogP contribution in [0.15, 0.2) is 35.9 Å². The van der Waals surface area contributed by atoms with E-state index in [4.69, 9.17) is 5.73 Å². The van der Waals surface area contributed by atoms with Crippen molar-refractivity contribution in [3.8, 4) is 0 Å². The van der Waals surface area contributed by atoms with Crippen molar-refractivity contribution in [3.05, 3.63) is 47.1 Å². The molecule has 2 heterocycles. The van der Waals surface area contributed by atoms with Crippen LogP contribution >= 0.6 is 11.8 Å². The van der Waals surface area contributed by atoms with Crippen LogP contribution in [-0.2, 0) is 0 Å². The number of nitrogens with zero attached hydrogens (tertiary/aromatic N) is 1. The molecule has 7 heteroatoms. The molecule has 0 saturated heterocycles. The molecule has 0 saturated carbocycles. The number of alkyl halides is 3. The van der Waals surface area contributed by atoms with Gasteiger partial charge >= 0.3 is 6.18 Å². The van der Waals surface area contributed by atoms with Crippen molar-refractivity contribution < 1.29 is 13.2 Å². The van der Waals surface area contributed by atoms with Crippen LogP contribution in [0, 0.1) is 5.41 Å². The number of allylic oxidation sites excluding steroid dienone is 1. The van der Waals surface area contributed by atoms with E-state index >= 15 is 0 Å². The largest absolute Gasteiger partial charge is 0.407 e. The highest BCUT2D eigenvalue weighted by Gasteiger charge is 2.37. The summed E-state index contributed by atoms with van der Waals surface area (Å²) in [6.07, 6.45) is 0.270. The van der Waals surface area contributed by atoms with Gasteiger partial charge in [0.2, 0.25) is 0 Å². The van der Waals surface area contributed by atoms with Gasteiger partial charge in [-0.25, -0.2) is 0 Å². The highest BCUT2D eigenvalue weighted by molar-refractivity contribution is 8.02. The number of nitrogens with two attached hydrogens (primary N) is 1. The normalized spacial score (nSPS) is 22.3. The number of rotatable bonds is 4. The molecule has 1 aromatic heterocycles. The molecule has 1 aliphatic heterocycles. The van der Waals surface area contributed by atoms with E-state index in [1.54, 1.807) is 24.0 Å². The number of hydrogen-bond acceptors (Lipinski definition) is 4.